The maximum atomic E-state index is 11.5. The Kier molecular flexibility index (Phi) is 5.69. The molecule has 1 atom stereocenters. The minimum atomic E-state index is -0.279. The van der Waals surface area contributed by atoms with E-state index in [1.165, 1.54) is 0 Å². The third kappa shape index (κ3) is 4.43. The number of hydrogen-bond donors (Lipinski definition) is 2. The highest BCUT2D eigenvalue weighted by molar-refractivity contribution is 5.73. The number of nitrogens with zero attached hydrogens (tertiary/aromatic N) is 1. The quantitative estimate of drug-likeness (QED) is 0.766. The second kappa shape index (κ2) is 6.46. The standard InChI is InChI=1S/C17H35N3O2/c1-9-14(18)22-20-15(3,4)10-13(11-16(20,5)6)17(7,8)19-12(2)21/h13-14H,9-11,18H2,1-8H3,(H,19,21). The summed E-state index contributed by atoms with van der Waals surface area (Å²) in [5.41, 5.74) is 5.49. The predicted molar refractivity (Wildman–Crippen MR) is 90.0 cm³/mol. The summed E-state index contributed by atoms with van der Waals surface area (Å²) in [7, 11) is 0. The number of nitrogens with two attached hydrogens (primary N) is 1. The number of piperidine rings is 1. The lowest BCUT2D eigenvalue weighted by molar-refractivity contribution is -0.312. The van der Waals surface area contributed by atoms with Crippen LogP contribution in [0.2, 0.25) is 0 Å². The van der Waals surface area contributed by atoms with E-state index in [2.05, 4.69) is 51.9 Å². The van der Waals surface area contributed by atoms with Crippen molar-refractivity contribution in [2.24, 2.45) is 11.7 Å². The second-order valence-electron chi connectivity index (χ2n) is 8.48. The topological polar surface area (TPSA) is 67.6 Å². The monoisotopic (exact) mass is 313 g/mol. The van der Waals surface area contributed by atoms with Crippen LogP contribution in [0.15, 0.2) is 0 Å². The van der Waals surface area contributed by atoms with Crippen molar-refractivity contribution in [3.63, 3.8) is 0 Å². The van der Waals surface area contributed by atoms with E-state index in [0.29, 0.717) is 5.92 Å². The van der Waals surface area contributed by atoms with Crippen LogP contribution in [0.25, 0.3) is 0 Å². The maximum Gasteiger partial charge on any atom is 0.217 e. The van der Waals surface area contributed by atoms with Crippen LogP contribution in [0.4, 0.5) is 0 Å². The Labute approximate surface area is 135 Å². The molecule has 1 rings (SSSR count). The van der Waals surface area contributed by atoms with Gasteiger partial charge in [0.15, 0.2) is 0 Å². The number of nitrogens with one attached hydrogen (secondary N) is 1. The van der Waals surface area contributed by atoms with Crippen LogP contribution >= 0.6 is 0 Å². The van der Waals surface area contributed by atoms with Crippen molar-refractivity contribution in [3.05, 3.63) is 0 Å². The first-order valence-corrected chi connectivity index (χ1v) is 8.33. The van der Waals surface area contributed by atoms with Crippen LogP contribution in [0.5, 0.6) is 0 Å². The smallest absolute Gasteiger partial charge is 0.217 e. The highest BCUT2D eigenvalue weighted by Gasteiger charge is 2.50. The van der Waals surface area contributed by atoms with Gasteiger partial charge in [0.1, 0.15) is 6.23 Å². The van der Waals surface area contributed by atoms with E-state index >= 15 is 0 Å². The summed E-state index contributed by atoms with van der Waals surface area (Å²) in [5, 5.41) is 5.19. The van der Waals surface area contributed by atoms with Crippen molar-refractivity contribution < 1.29 is 9.63 Å². The molecule has 130 valence electrons. The molecular weight excluding hydrogens is 278 g/mol. The molecule has 0 radical (unpaired) electrons. The molecule has 0 aliphatic carbocycles. The van der Waals surface area contributed by atoms with E-state index in [-0.39, 0.29) is 28.8 Å². The van der Waals surface area contributed by atoms with Gasteiger partial charge in [0.25, 0.3) is 0 Å². The SMILES string of the molecule is CCC(N)ON1C(C)(C)CC(C(C)(C)NC(C)=O)CC1(C)C. The predicted octanol–water partition coefficient (Wildman–Crippen LogP) is 2.80. The van der Waals surface area contributed by atoms with Gasteiger partial charge in [-0.25, -0.2) is 0 Å². The molecule has 1 fully saturated rings. The molecule has 1 unspecified atom stereocenters. The van der Waals surface area contributed by atoms with Crippen LogP contribution in [0.1, 0.15) is 74.7 Å². The Hall–Kier alpha value is -0.650. The molecule has 1 aliphatic heterocycles. The van der Waals surface area contributed by atoms with E-state index < -0.39 is 0 Å². The average Bonchev–Trinajstić information content (AvgIpc) is 2.30. The van der Waals surface area contributed by atoms with Crippen LogP contribution in [0, 0.1) is 5.92 Å². The molecule has 3 N–H and O–H groups in total. The Morgan fingerprint density at radius 2 is 1.77 bits per heavy atom. The fraction of sp³-hybridized carbons (Fsp3) is 0.941. The van der Waals surface area contributed by atoms with Crippen molar-refractivity contribution >= 4 is 5.91 Å². The summed E-state index contributed by atoms with van der Waals surface area (Å²) in [6, 6.07) is 0. The maximum absolute atomic E-state index is 11.5. The molecule has 5 nitrogen and oxygen atoms in total. The Balaban J connectivity index is 3.00. The molecule has 22 heavy (non-hydrogen) atoms. The Bertz CT molecular complexity index is 387. The van der Waals surface area contributed by atoms with Crippen LogP contribution in [0.3, 0.4) is 0 Å². The third-order valence-electron chi connectivity index (χ3n) is 4.75. The van der Waals surface area contributed by atoms with Gasteiger partial charge >= 0.3 is 0 Å². The van der Waals surface area contributed by atoms with Gasteiger partial charge in [0.05, 0.1) is 0 Å². The van der Waals surface area contributed by atoms with Gasteiger partial charge in [0, 0.05) is 23.5 Å². The molecule has 1 aliphatic rings. The minimum Gasteiger partial charge on any atom is -0.351 e. The van der Waals surface area contributed by atoms with Gasteiger partial charge < -0.3 is 11.1 Å². The minimum absolute atomic E-state index is 0.0206. The molecule has 0 aromatic carbocycles. The number of hydroxylamine groups is 2. The summed E-state index contributed by atoms with van der Waals surface area (Å²) in [4.78, 5) is 17.5. The molecule has 0 spiro atoms. The lowest BCUT2D eigenvalue weighted by atomic mass is 9.68. The molecule has 0 aromatic heterocycles. The van der Waals surface area contributed by atoms with Gasteiger partial charge in [0.2, 0.25) is 5.91 Å². The summed E-state index contributed by atoms with van der Waals surface area (Å²) < 4.78 is 0. The fourth-order valence-electron chi connectivity index (χ4n) is 3.82. The zero-order valence-electron chi connectivity index (χ0n) is 15.6. The van der Waals surface area contributed by atoms with Crippen molar-refractivity contribution in [1.29, 1.82) is 0 Å². The molecule has 0 saturated carbocycles. The molecular formula is C17H35N3O2. The summed E-state index contributed by atoms with van der Waals surface area (Å²) in [6.45, 7) is 16.6. The number of rotatable bonds is 5. The lowest BCUT2D eigenvalue weighted by Crippen LogP contribution is -2.65. The largest absolute Gasteiger partial charge is 0.351 e. The summed E-state index contributed by atoms with van der Waals surface area (Å²) >= 11 is 0. The fourth-order valence-corrected chi connectivity index (χ4v) is 3.82. The highest BCUT2D eigenvalue weighted by Crippen LogP contribution is 2.45. The lowest BCUT2D eigenvalue weighted by Gasteiger charge is -2.57. The van der Waals surface area contributed by atoms with Gasteiger partial charge in [-0.15, -0.1) is 0 Å². The number of hydrogen-bond acceptors (Lipinski definition) is 4. The zero-order valence-corrected chi connectivity index (χ0v) is 15.6. The van der Waals surface area contributed by atoms with Crippen molar-refractivity contribution in [2.45, 2.75) is 97.5 Å². The second-order valence-corrected chi connectivity index (χ2v) is 8.48. The van der Waals surface area contributed by atoms with Crippen LogP contribution < -0.4 is 11.1 Å². The normalized spacial score (nSPS) is 24.0. The van der Waals surface area contributed by atoms with Gasteiger partial charge in [-0.2, -0.15) is 5.06 Å². The van der Waals surface area contributed by atoms with E-state index in [1.54, 1.807) is 6.92 Å². The van der Waals surface area contributed by atoms with Crippen LogP contribution in [-0.2, 0) is 9.63 Å². The number of carbonyl (C=O) groups is 1. The van der Waals surface area contributed by atoms with E-state index in [9.17, 15) is 4.79 Å². The molecule has 1 heterocycles. The first-order valence-electron chi connectivity index (χ1n) is 8.33. The summed E-state index contributed by atoms with van der Waals surface area (Å²) in [6.07, 6.45) is 2.39. The molecule has 5 heteroatoms. The van der Waals surface area contributed by atoms with E-state index in [4.69, 9.17) is 10.6 Å². The first-order chi connectivity index (χ1) is 9.82. The Morgan fingerprint density at radius 3 is 2.14 bits per heavy atom. The van der Waals surface area contributed by atoms with Crippen molar-refractivity contribution in [3.8, 4) is 0 Å². The molecule has 1 amide bonds. The first kappa shape index (κ1) is 19.4. The highest BCUT2D eigenvalue weighted by atomic mass is 16.7. The van der Waals surface area contributed by atoms with Gasteiger partial charge in [-0.1, -0.05) is 6.92 Å². The van der Waals surface area contributed by atoms with Gasteiger partial charge in [-0.3, -0.25) is 9.63 Å². The number of amides is 1. The summed E-state index contributed by atoms with van der Waals surface area (Å²) in [5.74, 6) is 0.395. The molecule has 0 bridgehead atoms. The van der Waals surface area contributed by atoms with E-state index in [1.807, 2.05) is 6.92 Å². The average molecular weight is 313 g/mol. The van der Waals surface area contributed by atoms with Crippen molar-refractivity contribution in [2.75, 3.05) is 0 Å². The zero-order chi connectivity index (χ0) is 17.3. The van der Waals surface area contributed by atoms with Crippen molar-refractivity contribution in [1.82, 2.24) is 10.4 Å². The number of carbonyl (C=O) groups excluding carboxylic acids is 1. The molecule has 0 aromatic rings. The van der Waals surface area contributed by atoms with E-state index in [0.717, 1.165) is 19.3 Å². The third-order valence-corrected chi connectivity index (χ3v) is 4.75. The Morgan fingerprint density at radius 1 is 1.32 bits per heavy atom. The van der Waals surface area contributed by atoms with Crippen LogP contribution in [-0.4, -0.2) is 33.8 Å². The molecule has 1 saturated heterocycles. The van der Waals surface area contributed by atoms with Gasteiger partial charge in [-0.05, 0) is 66.7 Å².